The topological polar surface area (TPSA) is 166 Å². The molecule has 0 spiro atoms. The maximum absolute atomic E-state index is 13.2. The number of carboxylic acid groups (broad SMARTS) is 1. The Morgan fingerprint density at radius 3 is 2.40 bits per heavy atom. The number of rotatable bonds is 14. The molecule has 2 rings (SSSR count). The van der Waals surface area contributed by atoms with Gasteiger partial charge in [-0.3, -0.25) is 19.2 Å². The van der Waals surface area contributed by atoms with Gasteiger partial charge in [0.05, 0.1) is 6.04 Å². The average Bonchev–Trinajstić information content (AvgIpc) is 3.22. The minimum Gasteiger partial charge on any atom is -0.480 e. The summed E-state index contributed by atoms with van der Waals surface area (Å²) in [6, 6.07) is 4.86. The average molecular weight is 506 g/mol. The van der Waals surface area contributed by atoms with Gasteiger partial charge in [-0.15, -0.1) is 0 Å². The Balaban J connectivity index is 2.21. The van der Waals surface area contributed by atoms with Crippen LogP contribution in [-0.4, -0.2) is 70.5 Å². The van der Waals surface area contributed by atoms with Crippen molar-refractivity contribution in [1.29, 1.82) is 0 Å². The van der Waals surface area contributed by atoms with E-state index in [1.807, 2.05) is 44.4 Å². The van der Waals surface area contributed by atoms with Crippen LogP contribution in [-0.2, 0) is 25.6 Å². The van der Waals surface area contributed by atoms with Crippen molar-refractivity contribution in [2.24, 2.45) is 11.7 Å². The van der Waals surface area contributed by atoms with Gasteiger partial charge in [0.25, 0.3) is 0 Å². The summed E-state index contributed by atoms with van der Waals surface area (Å²) in [7, 11) is 0. The molecule has 1 aromatic carbocycles. The number of fused-ring (bicyclic) bond motifs is 1. The van der Waals surface area contributed by atoms with E-state index in [1.165, 1.54) is 0 Å². The molecule has 1 heterocycles. The molecule has 0 fully saturated rings. The fraction of sp³-hybridized carbons (Fsp3) is 0.500. The molecule has 0 saturated carbocycles. The molecule has 2 aromatic rings. The first kappa shape index (κ1) is 28.2. The number of carbonyl (C=O) groups excluding carboxylic acids is 3. The molecule has 11 heteroatoms. The quantitative estimate of drug-likeness (QED) is 0.223. The maximum Gasteiger partial charge on any atom is 0.322 e. The summed E-state index contributed by atoms with van der Waals surface area (Å²) in [6.07, 6.45) is 4.64. The lowest BCUT2D eigenvalue weighted by Crippen LogP contribution is -2.56. The first-order chi connectivity index (χ1) is 16.6. The Morgan fingerprint density at radius 2 is 1.74 bits per heavy atom. The molecule has 0 aliphatic rings. The number of nitrogens with one attached hydrogen (secondary N) is 4. The van der Waals surface area contributed by atoms with Crippen molar-refractivity contribution in [3.05, 3.63) is 36.0 Å². The maximum atomic E-state index is 13.2. The third-order valence-corrected chi connectivity index (χ3v) is 6.10. The van der Waals surface area contributed by atoms with Gasteiger partial charge in [-0.1, -0.05) is 32.0 Å². The molecule has 35 heavy (non-hydrogen) atoms. The molecular formula is C24H35N5O5S. The zero-order chi connectivity index (χ0) is 26.0. The van der Waals surface area contributed by atoms with Gasteiger partial charge < -0.3 is 31.8 Å². The number of hydrogen-bond donors (Lipinski definition) is 6. The highest BCUT2D eigenvalue weighted by atomic mass is 32.2. The van der Waals surface area contributed by atoms with E-state index >= 15 is 0 Å². The third kappa shape index (κ3) is 8.91. The zero-order valence-corrected chi connectivity index (χ0v) is 21.1. The number of carboxylic acids is 1. The van der Waals surface area contributed by atoms with E-state index in [9.17, 15) is 19.2 Å². The smallest absolute Gasteiger partial charge is 0.322 e. The lowest BCUT2D eigenvalue weighted by Gasteiger charge is -2.25. The molecule has 1 aromatic heterocycles. The van der Waals surface area contributed by atoms with E-state index in [-0.39, 0.29) is 12.3 Å². The molecule has 0 aliphatic carbocycles. The lowest BCUT2D eigenvalue weighted by molar-refractivity contribution is -0.138. The van der Waals surface area contributed by atoms with Crippen LogP contribution < -0.4 is 21.7 Å². The summed E-state index contributed by atoms with van der Waals surface area (Å²) in [4.78, 5) is 52.7. The Hall–Kier alpha value is -3.05. The second-order valence-electron chi connectivity index (χ2n) is 8.82. The monoisotopic (exact) mass is 505 g/mol. The van der Waals surface area contributed by atoms with E-state index in [4.69, 9.17) is 10.8 Å². The number of amides is 3. The Kier molecular flexibility index (Phi) is 11.1. The molecule has 0 bridgehead atoms. The summed E-state index contributed by atoms with van der Waals surface area (Å²) in [5.41, 5.74) is 7.63. The van der Waals surface area contributed by atoms with Crippen molar-refractivity contribution >= 4 is 46.4 Å². The normalized spacial score (nSPS) is 13.7. The Bertz CT molecular complexity index is 1020. The van der Waals surface area contributed by atoms with Crippen LogP contribution in [0.15, 0.2) is 30.5 Å². The number of carbonyl (C=O) groups is 4. The van der Waals surface area contributed by atoms with Crippen LogP contribution >= 0.6 is 11.8 Å². The second-order valence-corrected chi connectivity index (χ2v) is 9.80. The van der Waals surface area contributed by atoms with Gasteiger partial charge in [-0.25, -0.2) is 0 Å². The predicted molar refractivity (Wildman–Crippen MR) is 137 cm³/mol. The summed E-state index contributed by atoms with van der Waals surface area (Å²) in [6.45, 7) is 3.27. The van der Waals surface area contributed by atoms with Gasteiger partial charge in [0.2, 0.25) is 17.7 Å². The van der Waals surface area contributed by atoms with Gasteiger partial charge in [0.15, 0.2) is 0 Å². The van der Waals surface area contributed by atoms with Crippen LogP contribution in [0.2, 0.25) is 0 Å². The molecule has 10 nitrogen and oxygen atoms in total. The van der Waals surface area contributed by atoms with Gasteiger partial charge in [0.1, 0.15) is 18.6 Å². The van der Waals surface area contributed by atoms with E-state index in [1.54, 1.807) is 18.0 Å². The summed E-state index contributed by atoms with van der Waals surface area (Å²) in [5.74, 6) is -1.98. The third-order valence-electron chi connectivity index (χ3n) is 5.46. The number of hydrogen-bond acceptors (Lipinski definition) is 6. The number of nitrogens with two attached hydrogens (primary N) is 1. The fourth-order valence-electron chi connectivity index (χ4n) is 3.65. The molecule has 0 saturated heterocycles. The Morgan fingerprint density at radius 1 is 1.06 bits per heavy atom. The number of para-hydroxylation sites is 1. The van der Waals surface area contributed by atoms with Gasteiger partial charge >= 0.3 is 5.97 Å². The van der Waals surface area contributed by atoms with E-state index in [0.29, 0.717) is 18.6 Å². The second kappa shape index (κ2) is 13.7. The molecule has 3 unspecified atom stereocenters. The lowest BCUT2D eigenvalue weighted by atomic mass is 10.0. The zero-order valence-electron chi connectivity index (χ0n) is 20.3. The molecule has 3 amide bonds. The Labute approximate surface area is 209 Å². The van der Waals surface area contributed by atoms with Crippen LogP contribution in [0.1, 0.15) is 32.3 Å². The standard InChI is InChI=1S/C24H35N5O5S/c1-14(2)10-19(28-22(32)17(25)8-9-35-3)24(34)29-20(23(33)27-13-21(30)31)11-15-12-26-18-7-5-4-6-16(15)18/h4-7,12,14,17,19-20,26H,8-11,13,25H2,1-3H3,(H,27,33)(H,28,32)(H,29,34)(H,30,31). The van der Waals surface area contributed by atoms with Crippen molar-refractivity contribution < 1.29 is 24.3 Å². The van der Waals surface area contributed by atoms with Crippen molar-refractivity contribution in [2.75, 3.05) is 18.6 Å². The first-order valence-corrected chi connectivity index (χ1v) is 12.9. The molecule has 0 radical (unpaired) electrons. The van der Waals surface area contributed by atoms with Crippen LogP contribution in [0, 0.1) is 5.92 Å². The number of aromatic nitrogens is 1. The minimum absolute atomic E-state index is 0.0846. The van der Waals surface area contributed by atoms with Gasteiger partial charge in [-0.2, -0.15) is 11.8 Å². The van der Waals surface area contributed by atoms with Crippen LogP contribution in [0.25, 0.3) is 10.9 Å². The van der Waals surface area contributed by atoms with Crippen molar-refractivity contribution in [1.82, 2.24) is 20.9 Å². The van der Waals surface area contributed by atoms with Crippen molar-refractivity contribution in [3.8, 4) is 0 Å². The van der Waals surface area contributed by atoms with E-state index in [2.05, 4.69) is 20.9 Å². The van der Waals surface area contributed by atoms with Crippen LogP contribution in [0.3, 0.4) is 0 Å². The van der Waals surface area contributed by atoms with E-state index in [0.717, 1.165) is 16.5 Å². The highest BCUT2D eigenvalue weighted by Gasteiger charge is 2.29. The molecule has 192 valence electrons. The number of aliphatic carboxylic acids is 1. The number of aromatic amines is 1. The predicted octanol–water partition coefficient (Wildman–Crippen LogP) is 1.01. The molecule has 0 aliphatic heterocycles. The van der Waals surface area contributed by atoms with Crippen molar-refractivity contribution in [2.45, 2.75) is 51.2 Å². The SMILES string of the molecule is CSCCC(N)C(=O)NC(CC(C)C)C(=O)NC(Cc1c[nH]c2ccccc12)C(=O)NCC(=O)O. The first-order valence-electron chi connectivity index (χ1n) is 11.5. The van der Waals surface area contributed by atoms with Gasteiger partial charge in [0, 0.05) is 23.5 Å². The van der Waals surface area contributed by atoms with Crippen LogP contribution in [0.4, 0.5) is 0 Å². The number of benzene rings is 1. The molecular weight excluding hydrogens is 470 g/mol. The van der Waals surface area contributed by atoms with E-state index < -0.39 is 48.4 Å². The highest BCUT2D eigenvalue weighted by Crippen LogP contribution is 2.19. The number of thioether (sulfide) groups is 1. The molecule has 7 N–H and O–H groups in total. The minimum atomic E-state index is -1.19. The van der Waals surface area contributed by atoms with Crippen molar-refractivity contribution in [3.63, 3.8) is 0 Å². The van der Waals surface area contributed by atoms with Crippen LogP contribution in [0.5, 0.6) is 0 Å². The molecule has 3 atom stereocenters. The van der Waals surface area contributed by atoms with Gasteiger partial charge in [-0.05, 0) is 42.4 Å². The summed E-state index contributed by atoms with van der Waals surface area (Å²) in [5, 5.41) is 17.6. The highest BCUT2D eigenvalue weighted by molar-refractivity contribution is 7.98. The summed E-state index contributed by atoms with van der Waals surface area (Å²) < 4.78 is 0. The summed E-state index contributed by atoms with van der Waals surface area (Å²) >= 11 is 1.58. The largest absolute Gasteiger partial charge is 0.480 e. The number of H-pyrrole nitrogens is 1. The fourth-order valence-corrected chi connectivity index (χ4v) is 4.14.